The monoisotopic (exact) mass is 790 g/mol. The van der Waals surface area contributed by atoms with E-state index in [2.05, 4.69) is 203 Å². The zero-order valence-corrected chi connectivity index (χ0v) is 36.1. The van der Waals surface area contributed by atoms with Crippen LogP contribution in [0.1, 0.15) is 82.6 Å². The largest absolute Gasteiger partial charge is 0.468 e. The van der Waals surface area contributed by atoms with E-state index in [0.29, 0.717) is 0 Å². The molecule has 0 amide bonds. The van der Waals surface area contributed by atoms with Crippen molar-refractivity contribution in [1.29, 1.82) is 0 Å². The molecular formula is C57H51BN2O. The summed E-state index contributed by atoms with van der Waals surface area (Å²) in [6, 6.07) is 56.9. The lowest BCUT2D eigenvalue weighted by molar-refractivity contribution is 0.188. The van der Waals surface area contributed by atoms with Crippen LogP contribution in [0, 0.1) is 6.92 Å². The van der Waals surface area contributed by atoms with Gasteiger partial charge in [-0.2, -0.15) is 0 Å². The fourth-order valence-corrected chi connectivity index (χ4v) is 11.5. The van der Waals surface area contributed by atoms with E-state index in [9.17, 15) is 0 Å². The molecule has 7 aromatic carbocycles. The van der Waals surface area contributed by atoms with Gasteiger partial charge in [0.2, 0.25) is 0 Å². The van der Waals surface area contributed by atoms with E-state index in [0.717, 1.165) is 22.6 Å². The molecule has 2 bridgehead atoms. The maximum atomic E-state index is 7.50. The van der Waals surface area contributed by atoms with Crippen LogP contribution < -0.4 is 26.4 Å². The average Bonchev–Trinajstić information content (AvgIpc) is 3.65. The van der Waals surface area contributed by atoms with Crippen LogP contribution in [0.5, 0.6) is 0 Å². The molecule has 4 heteroatoms. The van der Waals surface area contributed by atoms with Crippen molar-refractivity contribution in [3.8, 4) is 22.3 Å². The summed E-state index contributed by atoms with van der Waals surface area (Å²) in [7, 11) is 0. The lowest BCUT2D eigenvalue weighted by Gasteiger charge is -2.52. The first-order chi connectivity index (χ1) is 29.5. The minimum atomic E-state index is -0.114. The van der Waals surface area contributed by atoms with Crippen molar-refractivity contribution in [1.82, 2.24) is 0 Å². The number of nitrogens with zero attached hydrogens (tertiary/aromatic N) is 2. The molecule has 3 nitrogen and oxygen atoms in total. The van der Waals surface area contributed by atoms with E-state index < -0.39 is 0 Å². The summed E-state index contributed by atoms with van der Waals surface area (Å²) >= 11 is 0. The number of rotatable bonds is 4. The Balaban J connectivity index is 1.15. The summed E-state index contributed by atoms with van der Waals surface area (Å²) < 4.78 is 7.50. The normalized spacial score (nSPS) is 19.7. The molecule has 61 heavy (non-hydrogen) atoms. The second kappa shape index (κ2) is 12.9. The summed E-state index contributed by atoms with van der Waals surface area (Å²) in [6.07, 6.45) is 4.96. The molecule has 1 fully saturated rings. The lowest BCUT2D eigenvalue weighted by Crippen LogP contribution is -2.61. The number of benzene rings is 7. The van der Waals surface area contributed by atoms with Gasteiger partial charge in [-0.05, 0) is 159 Å². The van der Waals surface area contributed by atoms with Crippen molar-refractivity contribution in [3.05, 3.63) is 174 Å². The average molecular weight is 791 g/mol. The number of furan rings is 1. The van der Waals surface area contributed by atoms with Crippen LogP contribution in [0.3, 0.4) is 0 Å². The molecule has 1 saturated carbocycles. The Bertz CT molecular complexity index is 3040. The van der Waals surface area contributed by atoms with Crippen LogP contribution in [0.4, 0.5) is 34.1 Å². The predicted octanol–water partition coefficient (Wildman–Crippen LogP) is 13.6. The maximum Gasteiger partial charge on any atom is 0.297 e. The molecule has 0 spiro atoms. The van der Waals surface area contributed by atoms with Gasteiger partial charge in [-0.25, -0.2) is 0 Å². The van der Waals surface area contributed by atoms with E-state index in [-0.39, 0.29) is 23.0 Å². The first kappa shape index (κ1) is 36.6. The van der Waals surface area contributed by atoms with Gasteiger partial charge >= 0.3 is 0 Å². The smallest absolute Gasteiger partial charge is 0.297 e. The topological polar surface area (TPSA) is 19.6 Å². The van der Waals surface area contributed by atoms with E-state index in [4.69, 9.17) is 4.42 Å². The van der Waals surface area contributed by atoms with Crippen molar-refractivity contribution < 1.29 is 4.42 Å². The summed E-state index contributed by atoms with van der Waals surface area (Å²) in [5.41, 5.74) is 22.5. The molecule has 8 aromatic rings. The number of anilines is 6. The molecule has 0 saturated heterocycles. The minimum absolute atomic E-state index is 0.0438. The van der Waals surface area contributed by atoms with Crippen molar-refractivity contribution in [2.24, 2.45) is 0 Å². The minimum Gasteiger partial charge on any atom is -0.468 e. The zero-order valence-electron chi connectivity index (χ0n) is 36.1. The van der Waals surface area contributed by atoms with Crippen LogP contribution in [0.2, 0.25) is 0 Å². The highest BCUT2D eigenvalue weighted by molar-refractivity contribution is 7.00. The second-order valence-electron chi connectivity index (χ2n) is 20.0. The molecule has 3 heterocycles. The van der Waals surface area contributed by atoms with E-state index in [1.54, 1.807) is 0 Å². The Labute approximate surface area is 360 Å². The predicted molar refractivity (Wildman–Crippen MR) is 258 cm³/mol. The van der Waals surface area contributed by atoms with Crippen molar-refractivity contribution in [2.75, 3.05) is 9.80 Å². The van der Waals surface area contributed by atoms with Crippen LogP contribution in [-0.2, 0) is 16.2 Å². The summed E-state index contributed by atoms with van der Waals surface area (Å²) in [4.78, 5) is 5.06. The Hall–Kier alpha value is -6.26. The van der Waals surface area contributed by atoms with Gasteiger partial charge in [0.15, 0.2) is 0 Å². The van der Waals surface area contributed by atoms with Crippen LogP contribution in [0.15, 0.2) is 156 Å². The number of hydrogen-bond donors (Lipinski definition) is 0. The molecule has 1 aromatic heterocycles. The number of fused-ring (bicyclic) bond motifs is 8. The van der Waals surface area contributed by atoms with E-state index in [1.807, 2.05) is 0 Å². The summed E-state index contributed by atoms with van der Waals surface area (Å²) in [6.45, 7) is 14.0. The highest BCUT2D eigenvalue weighted by atomic mass is 16.3. The summed E-state index contributed by atoms with van der Waals surface area (Å²) in [5, 5.41) is 1.22. The summed E-state index contributed by atoms with van der Waals surface area (Å²) in [5.74, 6) is 0. The fourth-order valence-electron chi connectivity index (χ4n) is 11.5. The molecule has 0 atom stereocenters. The molecule has 0 unspecified atom stereocenters. The van der Waals surface area contributed by atoms with Gasteiger partial charge in [0.05, 0.1) is 11.3 Å². The van der Waals surface area contributed by atoms with E-state index >= 15 is 0 Å². The van der Waals surface area contributed by atoms with Crippen molar-refractivity contribution in [3.63, 3.8) is 0 Å². The first-order valence-electron chi connectivity index (χ1n) is 22.3. The van der Waals surface area contributed by atoms with E-state index in [1.165, 1.54) is 109 Å². The molecule has 0 radical (unpaired) electrons. The van der Waals surface area contributed by atoms with Gasteiger partial charge in [-0.1, -0.05) is 132 Å². The molecule has 3 aliphatic carbocycles. The molecule has 2 aliphatic heterocycles. The first-order valence-corrected chi connectivity index (χ1v) is 22.3. The SMILES string of the molecule is Cc1cc2c3c(c1)N(c1ccc(C(C)(C)C)cc1)c1c(oc4cc5c(cc14)C1(C)CCC5(C)CC1)B3c1cc(-c3ccccc3)ccc1N2c1ccc(-c2ccccc2)cc1. The van der Waals surface area contributed by atoms with Gasteiger partial charge in [-0.3, -0.25) is 0 Å². The molecule has 298 valence electrons. The quantitative estimate of drug-likeness (QED) is 0.166. The second-order valence-corrected chi connectivity index (χ2v) is 20.0. The Kier molecular flexibility index (Phi) is 7.72. The standard InChI is InChI=1S/C57H51BN2O/c1-36-31-49-52-50(32-36)60(43-24-20-41(21-25-43)55(2,3)4)53-44-34-45-46(57(6)29-27-56(45,5)28-30-57)35-51(44)61-54(53)58(52)47-33-40(38-15-11-8-12-16-38)19-26-48(47)59(49)42-22-17-39(18-23-42)37-13-9-7-10-14-37/h7-26,31-35H,27-30H2,1-6H3. The molecule has 0 N–H and O–H groups in total. The van der Waals surface area contributed by atoms with Crippen molar-refractivity contribution in [2.45, 2.75) is 83.5 Å². The van der Waals surface area contributed by atoms with Gasteiger partial charge in [0.25, 0.3) is 6.71 Å². The molecular weight excluding hydrogens is 739 g/mol. The molecule has 5 aliphatic rings. The van der Waals surface area contributed by atoms with Gasteiger partial charge in [-0.15, -0.1) is 0 Å². The highest BCUT2D eigenvalue weighted by Crippen LogP contribution is 2.58. The Morgan fingerprint density at radius 2 is 1.07 bits per heavy atom. The van der Waals surface area contributed by atoms with Crippen molar-refractivity contribution >= 4 is 68.4 Å². The number of aryl methyl sites for hydroxylation is 1. The third-order valence-corrected chi connectivity index (χ3v) is 15.0. The maximum absolute atomic E-state index is 7.50. The zero-order chi connectivity index (χ0) is 41.4. The molecule has 13 rings (SSSR count). The van der Waals surface area contributed by atoms with Crippen LogP contribution >= 0.6 is 0 Å². The third kappa shape index (κ3) is 5.43. The highest BCUT2D eigenvalue weighted by Gasteiger charge is 2.50. The Morgan fingerprint density at radius 1 is 0.541 bits per heavy atom. The number of hydrogen-bond acceptors (Lipinski definition) is 3. The van der Waals surface area contributed by atoms with Crippen LogP contribution in [-0.4, -0.2) is 6.71 Å². The third-order valence-electron chi connectivity index (χ3n) is 15.0. The van der Waals surface area contributed by atoms with Gasteiger partial charge < -0.3 is 14.2 Å². The lowest BCUT2D eigenvalue weighted by atomic mass is 9.35. The van der Waals surface area contributed by atoms with Crippen LogP contribution in [0.25, 0.3) is 33.2 Å². The Morgan fingerprint density at radius 3 is 1.69 bits per heavy atom. The van der Waals surface area contributed by atoms with Gasteiger partial charge in [0.1, 0.15) is 5.58 Å². The van der Waals surface area contributed by atoms with Gasteiger partial charge in [0, 0.05) is 33.8 Å². The fraction of sp³-hybridized carbons (Fsp3) is 0.228.